The highest BCUT2D eigenvalue weighted by molar-refractivity contribution is 5.93. The van der Waals surface area contributed by atoms with Crippen LogP contribution in [-0.4, -0.2) is 16.4 Å². The molecule has 1 amide bonds. The van der Waals surface area contributed by atoms with Crippen molar-refractivity contribution >= 4 is 11.6 Å². The summed E-state index contributed by atoms with van der Waals surface area (Å²) in [7, 11) is 0. The van der Waals surface area contributed by atoms with Crippen LogP contribution >= 0.6 is 0 Å². The number of carbonyl (C=O) groups excluding carboxylic acids is 1. The van der Waals surface area contributed by atoms with Gasteiger partial charge >= 0.3 is 0 Å². The Morgan fingerprint density at radius 1 is 1.44 bits per heavy atom. The summed E-state index contributed by atoms with van der Waals surface area (Å²) >= 11 is 0. The Bertz CT molecular complexity index is 482. The quantitative estimate of drug-likeness (QED) is 0.663. The van der Waals surface area contributed by atoms with E-state index in [-0.39, 0.29) is 5.56 Å². The molecule has 1 aromatic carbocycles. The second-order valence-corrected chi connectivity index (χ2v) is 4.57. The lowest BCUT2D eigenvalue weighted by molar-refractivity contribution is -0.385. The van der Waals surface area contributed by atoms with E-state index in [2.05, 4.69) is 5.48 Å². The Balaban J connectivity index is 2.84. The molecule has 0 saturated heterocycles. The first-order valence-corrected chi connectivity index (χ1v) is 5.13. The molecule has 1 aromatic rings. The maximum absolute atomic E-state index is 13.5. The molecule has 18 heavy (non-hydrogen) atoms. The first kappa shape index (κ1) is 14.0. The third kappa shape index (κ3) is 3.77. The summed E-state index contributed by atoms with van der Waals surface area (Å²) in [4.78, 5) is 26.2. The Labute approximate surface area is 103 Å². The molecule has 1 N–H and O–H groups in total. The first-order valence-electron chi connectivity index (χ1n) is 5.13. The average Bonchev–Trinajstić information content (AvgIpc) is 2.24. The van der Waals surface area contributed by atoms with E-state index in [1.165, 1.54) is 0 Å². The van der Waals surface area contributed by atoms with Gasteiger partial charge in [0.25, 0.3) is 11.6 Å². The highest BCUT2D eigenvalue weighted by Crippen LogP contribution is 2.16. The number of nitro benzene ring substituents is 1. The number of carbonyl (C=O) groups is 1. The largest absolute Gasteiger partial charge is 0.277 e. The van der Waals surface area contributed by atoms with E-state index in [9.17, 15) is 19.3 Å². The lowest BCUT2D eigenvalue weighted by Gasteiger charge is -2.18. The molecular weight excluding hydrogens is 243 g/mol. The molecule has 0 bridgehead atoms. The summed E-state index contributed by atoms with van der Waals surface area (Å²) in [6.07, 6.45) is 0. The molecule has 7 heteroatoms. The van der Waals surface area contributed by atoms with Crippen LogP contribution in [-0.2, 0) is 4.84 Å². The van der Waals surface area contributed by atoms with Crippen LogP contribution in [0.4, 0.5) is 10.1 Å². The number of rotatable bonds is 3. The predicted octanol–water partition coefficient (Wildman–Crippen LogP) is 2.19. The molecule has 98 valence electrons. The summed E-state index contributed by atoms with van der Waals surface area (Å²) in [6, 6.07) is 2.77. The number of non-ortho nitro benzene ring substituents is 1. The van der Waals surface area contributed by atoms with Crippen LogP contribution in [0.1, 0.15) is 31.1 Å². The fourth-order valence-corrected chi connectivity index (χ4v) is 1.06. The number of halogens is 1. The first-order chi connectivity index (χ1) is 8.20. The number of hydroxylamine groups is 1. The van der Waals surface area contributed by atoms with Gasteiger partial charge in [-0.1, -0.05) is 0 Å². The van der Waals surface area contributed by atoms with E-state index in [4.69, 9.17) is 4.84 Å². The molecule has 0 radical (unpaired) electrons. The monoisotopic (exact) mass is 256 g/mol. The number of amides is 1. The Hall–Kier alpha value is -2.02. The molecule has 0 heterocycles. The van der Waals surface area contributed by atoms with Gasteiger partial charge in [-0.3, -0.25) is 19.7 Å². The number of nitro groups is 1. The SMILES string of the molecule is CC(C)(C)ONC(=O)c1ccc([N+](=O)[O-])cc1F. The minimum absolute atomic E-state index is 0.315. The van der Waals surface area contributed by atoms with Gasteiger partial charge in [-0.15, -0.1) is 0 Å². The molecule has 1 rings (SSSR count). The fourth-order valence-electron chi connectivity index (χ4n) is 1.06. The zero-order chi connectivity index (χ0) is 13.9. The van der Waals surface area contributed by atoms with Crippen molar-refractivity contribution in [3.8, 4) is 0 Å². The maximum Gasteiger partial charge on any atom is 0.277 e. The summed E-state index contributed by atoms with van der Waals surface area (Å²) in [5.74, 6) is -1.77. The van der Waals surface area contributed by atoms with Gasteiger partial charge in [0.15, 0.2) is 0 Å². The molecule has 0 unspecified atom stereocenters. The van der Waals surface area contributed by atoms with Crippen molar-refractivity contribution in [3.63, 3.8) is 0 Å². The third-order valence-corrected chi connectivity index (χ3v) is 1.86. The molecule has 0 aliphatic rings. The van der Waals surface area contributed by atoms with E-state index in [1.807, 2.05) is 0 Å². The van der Waals surface area contributed by atoms with Crippen molar-refractivity contribution in [3.05, 3.63) is 39.7 Å². The molecule has 6 nitrogen and oxygen atoms in total. The van der Waals surface area contributed by atoms with Crippen molar-refractivity contribution in [1.29, 1.82) is 0 Å². The van der Waals surface area contributed by atoms with Crippen molar-refractivity contribution in [2.75, 3.05) is 0 Å². The van der Waals surface area contributed by atoms with Crippen LogP contribution in [0.25, 0.3) is 0 Å². The van der Waals surface area contributed by atoms with Gasteiger partial charge in [0, 0.05) is 6.07 Å². The minimum Gasteiger partial charge on any atom is -0.268 e. The molecular formula is C11H13FN2O4. The van der Waals surface area contributed by atoms with Crippen LogP contribution in [0.2, 0.25) is 0 Å². The van der Waals surface area contributed by atoms with Crippen LogP contribution < -0.4 is 5.48 Å². The maximum atomic E-state index is 13.5. The number of hydrogen-bond acceptors (Lipinski definition) is 4. The van der Waals surface area contributed by atoms with E-state index in [0.717, 1.165) is 12.1 Å². The second kappa shape index (κ2) is 5.09. The molecule has 0 aromatic heterocycles. The predicted molar refractivity (Wildman–Crippen MR) is 61.4 cm³/mol. The summed E-state index contributed by atoms with van der Waals surface area (Å²) < 4.78 is 13.5. The Kier molecular flexibility index (Phi) is 3.97. The third-order valence-electron chi connectivity index (χ3n) is 1.86. The van der Waals surface area contributed by atoms with Gasteiger partial charge in [-0.25, -0.2) is 9.87 Å². The van der Waals surface area contributed by atoms with Crippen molar-refractivity contribution < 1.29 is 18.9 Å². The van der Waals surface area contributed by atoms with Gasteiger partial charge < -0.3 is 0 Å². The molecule has 0 atom stereocenters. The van der Waals surface area contributed by atoms with Crippen molar-refractivity contribution in [2.24, 2.45) is 0 Å². The second-order valence-electron chi connectivity index (χ2n) is 4.57. The van der Waals surface area contributed by atoms with E-state index in [1.54, 1.807) is 20.8 Å². The lowest BCUT2D eigenvalue weighted by atomic mass is 10.2. The Morgan fingerprint density at radius 2 is 2.06 bits per heavy atom. The zero-order valence-corrected chi connectivity index (χ0v) is 10.2. The van der Waals surface area contributed by atoms with Crippen LogP contribution in [0, 0.1) is 15.9 Å². The average molecular weight is 256 g/mol. The van der Waals surface area contributed by atoms with Gasteiger partial charge in [-0.2, -0.15) is 0 Å². The summed E-state index contributed by atoms with van der Waals surface area (Å²) in [5, 5.41) is 10.4. The Morgan fingerprint density at radius 3 is 2.50 bits per heavy atom. The van der Waals surface area contributed by atoms with E-state index >= 15 is 0 Å². The number of benzene rings is 1. The van der Waals surface area contributed by atoms with Gasteiger partial charge in [0.2, 0.25) is 0 Å². The lowest BCUT2D eigenvalue weighted by Crippen LogP contribution is -2.33. The van der Waals surface area contributed by atoms with Gasteiger partial charge in [0.05, 0.1) is 22.2 Å². The van der Waals surface area contributed by atoms with Crippen molar-refractivity contribution in [2.45, 2.75) is 26.4 Å². The topological polar surface area (TPSA) is 81.5 Å². The van der Waals surface area contributed by atoms with Gasteiger partial charge in [0.1, 0.15) is 5.82 Å². The van der Waals surface area contributed by atoms with Crippen LogP contribution in [0.5, 0.6) is 0 Å². The summed E-state index contributed by atoms with van der Waals surface area (Å²) in [5.41, 5.74) is 0.731. The minimum atomic E-state index is -0.973. The van der Waals surface area contributed by atoms with E-state index < -0.39 is 27.9 Å². The van der Waals surface area contributed by atoms with E-state index in [0.29, 0.717) is 6.07 Å². The van der Waals surface area contributed by atoms with Crippen molar-refractivity contribution in [1.82, 2.24) is 5.48 Å². The molecule has 0 aliphatic heterocycles. The number of hydrogen-bond donors (Lipinski definition) is 1. The van der Waals surface area contributed by atoms with Crippen LogP contribution in [0.15, 0.2) is 18.2 Å². The molecule has 0 saturated carbocycles. The van der Waals surface area contributed by atoms with Gasteiger partial charge in [-0.05, 0) is 26.8 Å². The number of nitrogens with zero attached hydrogens (tertiary/aromatic N) is 1. The molecule has 0 spiro atoms. The number of nitrogens with one attached hydrogen (secondary N) is 1. The molecule has 0 aliphatic carbocycles. The fraction of sp³-hybridized carbons (Fsp3) is 0.364. The standard InChI is InChI=1S/C11H13FN2O4/c1-11(2,3)18-13-10(15)8-5-4-7(14(16)17)6-9(8)12/h4-6H,1-3H3,(H,13,15). The van der Waals surface area contributed by atoms with Crippen LogP contribution in [0.3, 0.4) is 0 Å². The molecule has 0 fully saturated rings. The zero-order valence-electron chi connectivity index (χ0n) is 10.2. The summed E-state index contributed by atoms with van der Waals surface area (Å²) in [6.45, 7) is 5.12. The smallest absolute Gasteiger partial charge is 0.268 e. The highest BCUT2D eigenvalue weighted by Gasteiger charge is 2.18. The highest BCUT2D eigenvalue weighted by atomic mass is 19.1. The normalized spacial score (nSPS) is 11.1.